The number of rotatable bonds is 2. The first-order valence-electron chi connectivity index (χ1n) is 3.90. The summed E-state index contributed by atoms with van der Waals surface area (Å²) in [5, 5.41) is 4.55. The van der Waals surface area contributed by atoms with Crippen molar-refractivity contribution in [2.45, 2.75) is 18.9 Å². The van der Waals surface area contributed by atoms with E-state index in [2.05, 4.69) is 17.2 Å². The topological polar surface area (TPSA) is 75.3 Å². The molecule has 1 atom stereocenters. The summed E-state index contributed by atoms with van der Waals surface area (Å²) in [4.78, 5) is 32.6. The Kier molecular flexibility index (Phi) is 2.79. The third-order valence-corrected chi connectivity index (χ3v) is 1.74. The average Bonchev–Trinajstić information content (AvgIpc) is 2.09. The predicted octanol–water partition coefficient (Wildman–Crippen LogP) is -0.906. The van der Waals surface area contributed by atoms with Crippen LogP contribution in [0.15, 0.2) is 12.7 Å². The first-order valence-corrected chi connectivity index (χ1v) is 3.90. The molecule has 1 aliphatic rings. The normalized spacial score (nSPS) is 22.0. The van der Waals surface area contributed by atoms with Gasteiger partial charge in [-0.05, 0) is 12.5 Å². The summed E-state index contributed by atoms with van der Waals surface area (Å²) < 4.78 is 0. The third kappa shape index (κ3) is 2.40. The molecule has 0 saturated carbocycles. The van der Waals surface area contributed by atoms with Crippen LogP contribution < -0.4 is 10.6 Å². The van der Waals surface area contributed by atoms with Gasteiger partial charge in [-0.2, -0.15) is 0 Å². The molecule has 0 aromatic carbocycles. The van der Waals surface area contributed by atoms with Crippen molar-refractivity contribution in [1.82, 2.24) is 10.6 Å². The van der Waals surface area contributed by atoms with E-state index in [1.165, 1.54) is 0 Å². The molecule has 3 amide bonds. The van der Waals surface area contributed by atoms with Crippen molar-refractivity contribution in [3.05, 3.63) is 12.7 Å². The smallest absolute Gasteiger partial charge is 0.249 e. The van der Waals surface area contributed by atoms with Crippen LogP contribution in [-0.2, 0) is 14.4 Å². The molecule has 1 saturated heterocycles. The number of hydrogen-bond donors (Lipinski definition) is 2. The minimum absolute atomic E-state index is 0.258. The minimum Gasteiger partial charge on any atom is -0.341 e. The molecule has 0 radical (unpaired) electrons. The average molecular weight is 182 g/mol. The molecule has 5 heteroatoms. The third-order valence-electron chi connectivity index (χ3n) is 1.74. The van der Waals surface area contributed by atoms with E-state index in [-0.39, 0.29) is 12.3 Å². The monoisotopic (exact) mass is 182 g/mol. The Morgan fingerprint density at radius 2 is 2.31 bits per heavy atom. The zero-order chi connectivity index (χ0) is 9.84. The summed E-state index contributed by atoms with van der Waals surface area (Å²) in [6.45, 7) is 3.26. The van der Waals surface area contributed by atoms with Crippen molar-refractivity contribution >= 4 is 17.7 Å². The molecule has 0 aromatic heterocycles. The van der Waals surface area contributed by atoms with Gasteiger partial charge >= 0.3 is 0 Å². The van der Waals surface area contributed by atoms with Gasteiger partial charge in [-0.3, -0.25) is 19.7 Å². The molecule has 1 aliphatic heterocycles. The zero-order valence-electron chi connectivity index (χ0n) is 7.00. The lowest BCUT2D eigenvalue weighted by atomic mass is 10.1. The lowest BCUT2D eigenvalue weighted by molar-refractivity contribution is -0.136. The number of amides is 3. The van der Waals surface area contributed by atoms with E-state index in [1.54, 1.807) is 0 Å². The van der Waals surface area contributed by atoms with Crippen LogP contribution in [-0.4, -0.2) is 23.8 Å². The van der Waals surface area contributed by atoms with E-state index in [9.17, 15) is 14.4 Å². The Balaban J connectivity index is 2.51. The Morgan fingerprint density at radius 3 is 2.85 bits per heavy atom. The zero-order valence-corrected chi connectivity index (χ0v) is 7.00. The van der Waals surface area contributed by atoms with Crippen molar-refractivity contribution in [3.63, 3.8) is 0 Å². The molecule has 70 valence electrons. The number of piperidine rings is 1. The van der Waals surface area contributed by atoms with Gasteiger partial charge in [0.2, 0.25) is 17.7 Å². The molecule has 0 spiro atoms. The number of nitrogens with one attached hydrogen (secondary N) is 2. The lowest BCUT2D eigenvalue weighted by Gasteiger charge is -2.20. The fourth-order valence-electron chi connectivity index (χ4n) is 1.06. The van der Waals surface area contributed by atoms with Gasteiger partial charge in [0.15, 0.2) is 0 Å². The van der Waals surface area contributed by atoms with E-state index in [0.717, 1.165) is 6.08 Å². The second-order valence-corrected chi connectivity index (χ2v) is 2.72. The molecule has 1 fully saturated rings. The van der Waals surface area contributed by atoms with Crippen LogP contribution in [0.1, 0.15) is 12.8 Å². The summed E-state index contributed by atoms with van der Waals surface area (Å²) in [6, 6.07) is -0.608. The molecular weight excluding hydrogens is 172 g/mol. The Hall–Kier alpha value is -1.65. The summed E-state index contributed by atoms with van der Waals surface area (Å²) in [7, 11) is 0. The van der Waals surface area contributed by atoms with Gasteiger partial charge in [-0.25, -0.2) is 0 Å². The van der Waals surface area contributed by atoms with Gasteiger partial charge in [0.25, 0.3) is 0 Å². The second kappa shape index (κ2) is 3.84. The van der Waals surface area contributed by atoms with Gasteiger partial charge in [0.05, 0.1) is 0 Å². The highest BCUT2D eigenvalue weighted by atomic mass is 16.2. The van der Waals surface area contributed by atoms with Crippen molar-refractivity contribution in [2.75, 3.05) is 0 Å². The Morgan fingerprint density at radius 1 is 1.62 bits per heavy atom. The maximum absolute atomic E-state index is 11.1. The van der Waals surface area contributed by atoms with Gasteiger partial charge in [0.1, 0.15) is 6.04 Å². The second-order valence-electron chi connectivity index (χ2n) is 2.72. The molecule has 1 heterocycles. The SMILES string of the molecule is C=CC(=O)N[C@@H]1CCC(=O)NC1=O. The van der Waals surface area contributed by atoms with Gasteiger partial charge < -0.3 is 5.32 Å². The molecule has 5 nitrogen and oxygen atoms in total. The fraction of sp³-hybridized carbons (Fsp3) is 0.375. The molecule has 0 aliphatic carbocycles. The van der Waals surface area contributed by atoms with E-state index in [4.69, 9.17) is 0 Å². The van der Waals surface area contributed by atoms with Crippen molar-refractivity contribution < 1.29 is 14.4 Å². The first kappa shape index (κ1) is 9.44. The van der Waals surface area contributed by atoms with Crippen LogP contribution in [0.5, 0.6) is 0 Å². The summed E-state index contributed by atoms with van der Waals surface area (Å²) >= 11 is 0. The lowest BCUT2D eigenvalue weighted by Crippen LogP contribution is -2.51. The molecule has 13 heavy (non-hydrogen) atoms. The van der Waals surface area contributed by atoms with Crippen molar-refractivity contribution in [2.24, 2.45) is 0 Å². The van der Waals surface area contributed by atoms with Crippen LogP contribution >= 0.6 is 0 Å². The molecule has 1 rings (SSSR count). The molecule has 0 aromatic rings. The largest absolute Gasteiger partial charge is 0.341 e. The highest BCUT2D eigenvalue weighted by molar-refractivity contribution is 6.02. The number of hydrogen-bond acceptors (Lipinski definition) is 3. The summed E-state index contributed by atoms with van der Waals surface area (Å²) in [5.74, 6) is -1.16. The molecule has 2 N–H and O–H groups in total. The Bertz CT molecular complexity index is 273. The quantitative estimate of drug-likeness (QED) is 0.429. The maximum Gasteiger partial charge on any atom is 0.249 e. The van der Waals surface area contributed by atoms with Crippen LogP contribution in [0, 0.1) is 0 Å². The fourth-order valence-corrected chi connectivity index (χ4v) is 1.06. The molecule has 0 bridgehead atoms. The van der Waals surface area contributed by atoms with E-state index < -0.39 is 17.9 Å². The first-order chi connectivity index (χ1) is 6.13. The van der Waals surface area contributed by atoms with Gasteiger partial charge in [-0.1, -0.05) is 6.58 Å². The van der Waals surface area contributed by atoms with Crippen LogP contribution in [0.25, 0.3) is 0 Å². The van der Waals surface area contributed by atoms with Gasteiger partial charge in [0, 0.05) is 6.42 Å². The van der Waals surface area contributed by atoms with Gasteiger partial charge in [-0.15, -0.1) is 0 Å². The van der Waals surface area contributed by atoms with E-state index in [0.29, 0.717) is 6.42 Å². The molecule has 0 unspecified atom stereocenters. The number of imide groups is 1. The predicted molar refractivity (Wildman–Crippen MR) is 44.5 cm³/mol. The molecular formula is C8H10N2O3. The number of carbonyl (C=O) groups is 3. The van der Waals surface area contributed by atoms with Crippen LogP contribution in [0.2, 0.25) is 0 Å². The standard InChI is InChI=1S/C8H10N2O3/c1-2-6(11)9-5-3-4-7(12)10-8(5)13/h2,5H,1,3-4H2,(H,9,11)(H,10,12,13)/t5-/m1/s1. The maximum atomic E-state index is 11.1. The minimum atomic E-state index is -0.608. The van der Waals surface area contributed by atoms with Crippen molar-refractivity contribution in [1.29, 1.82) is 0 Å². The van der Waals surface area contributed by atoms with Crippen LogP contribution in [0.4, 0.5) is 0 Å². The van der Waals surface area contributed by atoms with E-state index >= 15 is 0 Å². The summed E-state index contributed by atoms with van der Waals surface area (Å²) in [6.07, 6.45) is 1.70. The Labute approximate surface area is 75.2 Å². The highest BCUT2D eigenvalue weighted by Crippen LogP contribution is 2.03. The summed E-state index contributed by atoms with van der Waals surface area (Å²) in [5.41, 5.74) is 0. The van der Waals surface area contributed by atoms with Crippen LogP contribution in [0.3, 0.4) is 0 Å². The number of carbonyl (C=O) groups excluding carboxylic acids is 3. The highest BCUT2D eigenvalue weighted by Gasteiger charge is 2.26. The van der Waals surface area contributed by atoms with E-state index in [1.807, 2.05) is 0 Å². The van der Waals surface area contributed by atoms with Crippen molar-refractivity contribution in [3.8, 4) is 0 Å².